The second-order valence-corrected chi connectivity index (χ2v) is 4.36. The van der Waals surface area contributed by atoms with Gasteiger partial charge < -0.3 is 15.4 Å². The fraction of sp³-hybridized carbons (Fsp3) is 0.462. The Morgan fingerprint density at radius 3 is 2.76 bits per heavy atom. The second-order valence-electron chi connectivity index (χ2n) is 4.36. The van der Waals surface area contributed by atoms with Crippen LogP contribution in [-0.2, 0) is 9.53 Å². The van der Waals surface area contributed by atoms with Gasteiger partial charge >= 0.3 is 5.97 Å². The number of esters is 1. The van der Waals surface area contributed by atoms with Crippen molar-refractivity contribution in [2.24, 2.45) is 0 Å². The first-order chi connectivity index (χ1) is 8.00. The molecule has 0 bridgehead atoms. The van der Waals surface area contributed by atoms with Crippen molar-refractivity contribution in [3.8, 4) is 0 Å². The first-order valence-electron chi connectivity index (χ1n) is 5.67. The van der Waals surface area contributed by atoms with E-state index in [4.69, 9.17) is 10.5 Å². The summed E-state index contributed by atoms with van der Waals surface area (Å²) in [6.45, 7) is 2.97. The van der Waals surface area contributed by atoms with Crippen LogP contribution in [0.15, 0.2) is 24.3 Å². The van der Waals surface area contributed by atoms with Crippen LogP contribution in [0.2, 0.25) is 0 Å². The summed E-state index contributed by atoms with van der Waals surface area (Å²) in [5.74, 6) is -0.488. The molecule has 1 aromatic carbocycles. The van der Waals surface area contributed by atoms with Crippen LogP contribution in [-0.4, -0.2) is 38.1 Å². The molecule has 0 aromatic heterocycles. The van der Waals surface area contributed by atoms with Crippen LogP contribution in [0.25, 0.3) is 0 Å². The lowest BCUT2D eigenvalue weighted by molar-refractivity contribution is -0.145. The van der Waals surface area contributed by atoms with Gasteiger partial charge in [-0.2, -0.15) is 0 Å². The normalized spacial score (nSPS) is 12.5. The molecule has 0 aliphatic rings. The Labute approximate surface area is 102 Å². The van der Waals surface area contributed by atoms with E-state index in [1.807, 2.05) is 38.1 Å². The molecule has 1 aromatic rings. The highest BCUT2D eigenvalue weighted by atomic mass is 16.5. The van der Waals surface area contributed by atoms with Crippen LogP contribution in [0.5, 0.6) is 0 Å². The van der Waals surface area contributed by atoms with Crippen LogP contribution >= 0.6 is 0 Å². The predicted octanol–water partition coefficient (Wildman–Crippen LogP) is 1.48. The van der Waals surface area contributed by atoms with E-state index in [2.05, 4.69) is 0 Å². The molecule has 0 fully saturated rings. The minimum atomic E-state index is -0.277. The molecule has 0 saturated carbocycles. The number of likely N-dealkylation sites (N-methyl/N-ethyl adjacent to an activating group) is 1. The maximum Gasteiger partial charge on any atom is 0.313 e. The molecular formula is C13H20N2O2. The van der Waals surface area contributed by atoms with Crippen molar-refractivity contribution in [3.63, 3.8) is 0 Å². The number of hydrogen-bond acceptors (Lipinski definition) is 4. The first-order valence-corrected chi connectivity index (χ1v) is 5.67. The Morgan fingerprint density at radius 1 is 1.47 bits per heavy atom. The molecule has 0 aliphatic carbocycles. The van der Waals surface area contributed by atoms with Gasteiger partial charge in [0.2, 0.25) is 0 Å². The molecule has 2 N–H and O–H groups in total. The monoisotopic (exact) mass is 236 g/mol. The number of anilines is 1. The highest BCUT2D eigenvalue weighted by Gasteiger charge is 2.16. The minimum absolute atomic E-state index is 0.211. The predicted molar refractivity (Wildman–Crippen MR) is 68.8 cm³/mol. The first kappa shape index (κ1) is 13.5. The van der Waals surface area contributed by atoms with E-state index in [-0.39, 0.29) is 11.9 Å². The van der Waals surface area contributed by atoms with Gasteiger partial charge in [-0.1, -0.05) is 12.1 Å². The molecule has 0 saturated heterocycles. The van der Waals surface area contributed by atoms with Crippen molar-refractivity contribution < 1.29 is 9.53 Å². The number of benzene rings is 1. The molecule has 0 amide bonds. The molecule has 0 radical (unpaired) electrons. The maximum absolute atomic E-state index is 11.8. The van der Waals surface area contributed by atoms with Gasteiger partial charge in [-0.3, -0.25) is 4.79 Å². The summed E-state index contributed by atoms with van der Waals surface area (Å²) in [5.41, 5.74) is 7.23. The third-order valence-electron chi connectivity index (χ3n) is 2.55. The summed E-state index contributed by atoms with van der Waals surface area (Å²) in [7, 11) is 3.88. The third kappa shape index (κ3) is 4.44. The SMILES string of the molecule is CC(C(=O)OCCN(C)C)c1cccc(N)c1. The topological polar surface area (TPSA) is 55.6 Å². The number of nitrogens with zero attached hydrogens (tertiary/aromatic N) is 1. The van der Waals surface area contributed by atoms with E-state index in [0.29, 0.717) is 12.3 Å². The quantitative estimate of drug-likeness (QED) is 0.621. The van der Waals surface area contributed by atoms with Crippen molar-refractivity contribution in [2.75, 3.05) is 33.0 Å². The van der Waals surface area contributed by atoms with E-state index in [1.165, 1.54) is 0 Å². The van der Waals surface area contributed by atoms with Crippen molar-refractivity contribution in [3.05, 3.63) is 29.8 Å². The fourth-order valence-electron chi connectivity index (χ4n) is 1.42. The van der Waals surface area contributed by atoms with E-state index in [1.54, 1.807) is 12.1 Å². The maximum atomic E-state index is 11.8. The van der Waals surface area contributed by atoms with Gasteiger partial charge in [0.25, 0.3) is 0 Å². The molecule has 94 valence electrons. The third-order valence-corrected chi connectivity index (χ3v) is 2.55. The Balaban J connectivity index is 2.52. The van der Waals surface area contributed by atoms with Gasteiger partial charge in [-0.25, -0.2) is 0 Å². The van der Waals surface area contributed by atoms with Crippen molar-refractivity contribution >= 4 is 11.7 Å². The number of nitrogen functional groups attached to an aromatic ring is 1. The number of carbonyl (C=O) groups excluding carboxylic acids is 1. The summed E-state index contributed by atoms with van der Waals surface area (Å²) < 4.78 is 5.19. The zero-order valence-corrected chi connectivity index (χ0v) is 10.6. The summed E-state index contributed by atoms with van der Waals surface area (Å²) in [4.78, 5) is 13.7. The number of hydrogen-bond donors (Lipinski definition) is 1. The molecular weight excluding hydrogens is 216 g/mol. The van der Waals surface area contributed by atoms with Crippen LogP contribution in [0, 0.1) is 0 Å². The van der Waals surface area contributed by atoms with Crippen LogP contribution in [0.4, 0.5) is 5.69 Å². The molecule has 17 heavy (non-hydrogen) atoms. The van der Waals surface area contributed by atoms with Gasteiger partial charge in [-0.05, 0) is 38.7 Å². The highest BCUT2D eigenvalue weighted by molar-refractivity contribution is 5.78. The van der Waals surface area contributed by atoms with Crippen molar-refractivity contribution in [1.82, 2.24) is 4.90 Å². The molecule has 1 rings (SSSR count). The second kappa shape index (κ2) is 6.25. The van der Waals surface area contributed by atoms with Crippen LogP contribution in [0.1, 0.15) is 18.4 Å². The van der Waals surface area contributed by atoms with E-state index < -0.39 is 0 Å². The Morgan fingerprint density at radius 2 is 2.18 bits per heavy atom. The largest absolute Gasteiger partial charge is 0.464 e. The summed E-state index contributed by atoms with van der Waals surface area (Å²) in [6.07, 6.45) is 0. The van der Waals surface area contributed by atoms with E-state index in [9.17, 15) is 4.79 Å². The van der Waals surface area contributed by atoms with Gasteiger partial charge in [0.05, 0.1) is 5.92 Å². The zero-order valence-electron chi connectivity index (χ0n) is 10.6. The molecule has 0 aliphatic heterocycles. The summed E-state index contributed by atoms with van der Waals surface area (Å²) in [6, 6.07) is 7.33. The van der Waals surface area contributed by atoms with Crippen molar-refractivity contribution in [2.45, 2.75) is 12.8 Å². The average molecular weight is 236 g/mol. The summed E-state index contributed by atoms with van der Waals surface area (Å²) in [5, 5.41) is 0. The highest BCUT2D eigenvalue weighted by Crippen LogP contribution is 2.18. The Hall–Kier alpha value is -1.55. The molecule has 4 nitrogen and oxygen atoms in total. The lowest BCUT2D eigenvalue weighted by atomic mass is 10.0. The van der Waals surface area contributed by atoms with Gasteiger partial charge in [0, 0.05) is 12.2 Å². The molecule has 1 unspecified atom stereocenters. The average Bonchev–Trinajstić information content (AvgIpc) is 2.27. The standard InChI is InChI=1S/C13H20N2O2/c1-10(11-5-4-6-12(14)9-11)13(16)17-8-7-15(2)3/h4-6,9-10H,7-8,14H2,1-3H3. The zero-order chi connectivity index (χ0) is 12.8. The van der Waals surface area contributed by atoms with Crippen molar-refractivity contribution in [1.29, 1.82) is 0 Å². The molecule has 4 heteroatoms. The molecule has 0 heterocycles. The van der Waals surface area contributed by atoms with E-state index >= 15 is 0 Å². The number of rotatable bonds is 5. The molecule has 0 spiro atoms. The lowest BCUT2D eigenvalue weighted by Crippen LogP contribution is -2.22. The number of nitrogens with two attached hydrogens (primary N) is 1. The fourth-order valence-corrected chi connectivity index (χ4v) is 1.42. The minimum Gasteiger partial charge on any atom is -0.464 e. The Bertz CT molecular complexity index is 377. The van der Waals surface area contributed by atoms with Gasteiger partial charge in [-0.15, -0.1) is 0 Å². The van der Waals surface area contributed by atoms with E-state index in [0.717, 1.165) is 12.1 Å². The Kier molecular flexibility index (Phi) is 4.97. The molecule has 1 atom stereocenters. The number of ether oxygens (including phenoxy) is 1. The number of carbonyl (C=O) groups is 1. The lowest BCUT2D eigenvalue weighted by Gasteiger charge is -2.14. The summed E-state index contributed by atoms with van der Waals surface area (Å²) >= 11 is 0. The van der Waals surface area contributed by atoms with Gasteiger partial charge in [0.15, 0.2) is 0 Å². The smallest absolute Gasteiger partial charge is 0.313 e. The van der Waals surface area contributed by atoms with Crippen LogP contribution in [0.3, 0.4) is 0 Å². The van der Waals surface area contributed by atoms with Gasteiger partial charge in [0.1, 0.15) is 6.61 Å². The van der Waals surface area contributed by atoms with Crippen LogP contribution < -0.4 is 5.73 Å².